The highest BCUT2D eigenvalue weighted by Crippen LogP contribution is 2.36. The maximum Gasteiger partial charge on any atom is 0.181 e. The standard InChI is InChI=1S/C9H5ClN4S3/c1-15-8-13-14-9(17-8)16-7-6(10)5(4-11)2-3-12-7/h2-3H,1H3. The minimum Gasteiger partial charge on any atom is -0.248 e. The zero-order chi connectivity index (χ0) is 12.3. The van der Waals surface area contributed by atoms with Gasteiger partial charge in [0.05, 0.1) is 10.6 Å². The fraction of sp³-hybridized carbons (Fsp3) is 0.111. The van der Waals surface area contributed by atoms with Crippen LogP contribution in [0.2, 0.25) is 5.02 Å². The normalized spacial score (nSPS) is 10.2. The van der Waals surface area contributed by atoms with Gasteiger partial charge in [-0.05, 0) is 24.1 Å². The van der Waals surface area contributed by atoms with Gasteiger partial charge in [0.1, 0.15) is 11.1 Å². The molecule has 0 fully saturated rings. The molecule has 2 rings (SSSR count). The van der Waals surface area contributed by atoms with Crippen LogP contribution in [0.5, 0.6) is 0 Å². The molecule has 0 aliphatic rings. The lowest BCUT2D eigenvalue weighted by molar-refractivity contribution is 0.953. The SMILES string of the molecule is CSc1nnc(Sc2nccc(C#N)c2Cl)s1. The largest absolute Gasteiger partial charge is 0.248 e. The summed E-state index contributed by atoms with van der Waals surface area (Å²) in [6.45, 7) is 0. The van der Waals surface area contributed by atoms with E-state index in [1.165, 1.54) is 34.9 Å². The number of aromatic nitrogens is 3. The van der Waals surface area contributed by atoms with Crippen molar-refractivity contribution in [1.82, 2.24) is 15.2 Å². The fourth-order valence-electron chi connectivity index (χ4n) is 0.986. The molecular weight excluding hydrogens is 296 g/mol. The Morgan fingerprint density at radius 2 is 2.18 bits per heavy atom. The van der Waals surface area contributed by atoms with Crippen LogP contribution < -0.4 is 0 Å². The van der Waals surface area contributed by atoms with Gasteiger partial charge >= 0.3 is 0 Å². The second kappa shape index (κ2) is 5.69. The molecule has 4 nitrogen and oxygen atoms in total. The number of nitrogens with zero attached hydrogens (tertiary/aromatic N) is 4. The lowest BCUT2D eigenvalue weighted by Gasteiger charge is -2.00. The Hall–Kier alpha value is -0.810. The van der Waals surface area contributed by atoms with Gasteiger partial charge in [-0.15, -0.1) is 10.2 Å². The van der Waals surface area contributed by atoms with Crippen LogP contribution in [0.25, 0.3) is 0 Å². The highest BCUT2D eigenvalue weighted by Gasteiger charge is 2.12. The van der Waals surface area contributed by atoms with Crippen molar-refractivity contribution in [2.75, 3.05) is 6.26 Å². The smallest absolute Gasteiger partial charge is 0.181 e. The van der Waals surface area contributed by atoms with Crippen LogP contribution >= 0.6 is 46.5 Å². The van der Waals surface area contributed by atoms with Gasteiger partial charge in [-0.1, -0.05) is 34.7 Å². The molecule has 0 spiro atoms. The minimum absolute atomic E-state index is 0.362. The highest BCUT2D eigenvalue weighted by molar-refractivity contribution is 8.03. The summed E-state index contributed by atoms with van der Waals surface area (Å²) < 4.78 is 1.65. The van der Waals surface area contributed by atoms with Crippen LogP contribution in [-0.4, -0.2) is 21.4 Å². The van der Waals surface area contributed by atoms with Crippen molar-refractivity contribution in [3.8, 4) is 6.07 Å². The van der Waals surface area contributed by atoms with Crippen LogP contribution in [0.4, 0.5) is 0 Å². The van der Waals surface area contributed by atoms with Crippen molar-refractivity contribution in [3.05, 3.63) is 22.8 Å². The number of pyridine rings is 1. The van der Waals surface area contributed by atoms with E-state index < -0.39 is 0 Å². The van der Waals surface area contributed by atoms with E-state index in [4.69, 9.17) is 16.9 Å². The molecule has 0 aliphatic carbocycles. The molecule has 0 atom stereocenters. The van der Waals surface area contributed by atoms with Gasteiger partial charge in [0.15, 0.2) is 8.68 Å². The van der Waals surface area contributed by atoms with E-state index in [0.717, 1.165) is 8.68 Å². The molecule has 2 aromatic heterocycles. The van der Waals surface area contributed by atoms with Gasteiger partial charge in [0, 0.05) is 6.20 Å². The maximum absolute atomic E-state index is 8.85. The first-order valence-corrected chi connectivity index (χ1v) is 7.58. The van der Waals surface area contributed by atoms with E-state index in [1.54, 1.807) is 12.3 Å². The van der Waals surface area contributed by atoms with Gasteiger partial charge in [0.25, 0.3) is 0 Å². The van der Waals surface area contributed by atoms with Crippen molar-refractivity contribution in [1.29, 1.82) is 5.26 Å². The van der Waals surface area contributed by atoms with E-state index in [1.807, 2.05) is 12.3 Å². The number of thioether (sulfide) groups is 1. The highest BCUT2D eigenvalue weighted by atomic mass is 35.5. The first-order chi connectivity index (χ1) is 8.24. The van der Waals surface area contributed by atoms with E-state index >= 15 is 0 Å². The summed E-state index contributed by atoms with van der Waals surface area (Å²) in [6, 6.07) is 3.60. The predicted molar refractivity (Wildman–Crippen MR) is 69.8 cm³/mol. The number of hydrogen-bond donors (Lipinski definition) is 0. The van der Waals surface area contributed by atoms with E-state index in [-0.39, 0.29) is 0 Å². The third-order valence-corrected chi connectivity index (χ3v) is 5.17. The molecule has 2 heterocycles. The van der Waals surface area contributed by atoms with Crippen molar-refractivity contribution in [3.63, 3.8) is 0 Å². The molecule has 0 radical (unpaired) electrons. The topological polar surface area (TPSA) is 62.5 Å². The Morgan fingerprint density at radius 3 is 2.82 bits per heavy atom. The van der Waals surface area contributed by atoms with Crippen LogP contribution in [-0.2, 0) is 0 Å². The molecular formula is C9H5ClN4S3. The van der Waals surface area contributed by atoms with Crippen molar-refractivity contribution < 1.29 is 0 Å². The predicted octanol–water partition coefficient (Wildman–Crippen LogP) is 3.33. The molecule has 0 aromatic carbocycles. The van der Waals surface area contributed by atoms with Crippen molar-refractivity contribution >= 4 is 46.5 Å². The number of halogens is 1. The van der Waals surface area contributed by atoms with E-state index in [0.29, 0.717) is 15.6 Å². The second-order valence-corrected chi connectivity index (χ2v) is 6.37. The average Bonchev–Trinajstić information content (AvgIpc) is 2.79. The minimum atomic E-state index is 0.362. The van der Waals surface area contributed by atoms with Crippen molar-refractivity contribution in [2.45, 2.75) is 13.7 Å². The third-order valence-electron chi connectivity index (χ3n) is 1.72. The first kappa shape index (κ1) is 12.6. The fourth-order valence-corrected chi connectivity index (χ4v) is 3.62. The van der Waals surface area contributed by atoms with Gasteiger partial charge in [-0.3, -0.25) is 0 Å². The lowest BCUT2D eigenvalue weighted by Crippen LogP contribution is -1.85. The third kappa shape index (κ3) is 2.90. The van der Waals surface area contributed by atoms with E-state index in [2.05, 4.69) is 15.2 Å². The molecule has 0 amide bonds. The molecule has 0 unspecified atom stereocenters. The molecule has 86 valence electrons. The summed E-state index contributed by atoms with van der Waals surface area (Å²) >= 11 is 10.4. The van der Waals surface area contributed by atoms with Crippen LogP contribution in [0.1, 0.15) is 5.56 Å². The summed E-state index contributed by atoms with van der Waals surface area (Å²) in [4.78, 5) is 4.13. The zero-order valence-corrected chi connectivity index (χ0v) is 11.8. The lowest BCUT2D eigenvalue weighted by atomic mass is 10.3. The zero-order valence-electron chi connectivity index (χ0n) is 8.55. The van der Waals surface area contributed by atoms with Crippen LogP contribution in [0, 0.1) is 11.3 Å². The summed E-state index contributed by atoms with van der Waals surface area (Å²) in [5.74, 6) is 0. The summed E-state index contributed by atoms with van der Waals surface area (Å²) in [5, 5.41) is 17.8. The van der Waals surface area contributed by atoms with E-state index in [9.17, 15) is 0 Å². The first-order valence-electron chi connectivity index (χ1n) is 4.34. The van der Waals surface area contributed by atoms with Gasteiger partial charge in [0.2, 0.25) is 0 Å². The molecule has 0 bridgehead atoms. The quantitative estimate of drug-likeness (QED) is 0.810. The number of rotatable bonds is 3. The van der Waals surface area contributed by atoms with Gasteiger partial charge in [-0.25, -0.2) is 4.98 Å². The number of nitriles is 1. The Balaban J connectivity index is 2.27. The van der Waals surface area contributed by atoms with Crippen molar-refractivity contribution in [2.24, 2.45) is 0 Å². The second-order valence-electron chi connectivity index (χ2n) is 2.73. The molecule has 0 saturated heterocycles. The summed E-state index contributed by atoms with van der Waals surface area (Å²) in [7, 11) is 0. The maximum atomic E-state index is 8.85. The summed E-state index contributed by atoms with van der Waals surface area (Å²) in [5.41, 5.74) is 0.416. The van der Waals surface area contributed by atoms with Gasteiger partial charge in [-0.2, -0.15) is 5.26 Å². The van der Waals surface area contributed by atoms with Crippen LogP contribution in [0.3, 0.4) is 0 Å². The number of hydrogen-bond acceptors (Lipinski definition) is 7. The average molecular weight is 301 g/mol. The molecule has 2 aromatic rings. The van der Waals surface area contributed by atoms with Gasteiger partial charge < -0.3 is 0 Å². The molecule has 0 saturated carbocycles. The molecule has 0 N–H and O–H groups in total. The molecule has 17 heavy (non-hydrogen) atoms. The molecule has 0 aliphatic heterocycles. The Bertz CT molecular complexity index is 578. The summed E-state index contributed by atoms with van der Waals surface area (Å²) in [6.07, 6.45) is 3.50. The monoisotopic (exact) mass is 300 g/mol. The van der Waals surface area contributed by atoms with Crippen LogP contribution in [0.15, 0.2) is 26.0 Å². The Kier molecular flexibility index (Phi) is 4.23. The molecule has 8 heteroatoms. The Labute approximate surface area is 115 Å². The Morgan fingerprint density at radius 1 is 1.41 bits per heavy atom.